The lowest BCUT2D eigenvalue weighted by atomic mass is 10.3. The molecule has 0 saturated heterocycles. The number of nitrogens with zero attached hydrogens (tertiary/aromatic N) is 2. The van der Waals surface area contributed by atoms with Gasteiger partial charge in [-0.2, -0.15) is 0 Å². The lowest BCUT2D eigenvalue weighted by molar-refractivity contribution is 0.456. The molecular weight excluding hydrogens is 336 g/mol. The fraction of sp³-hybridized carbons (Fsp3) is 0.0909. The molecule has 2 aromatic rings. The zero-order chi connectivity index (χ0) is 11.5. The van der Waals surface area contributed by atoms with E-state index in [4.69, 9.17) is 4.74 Å². The summed E-state index contributed by atoms with van der Waals surface area (Å²) < 4.78 is 7.35. The Morgan fingerprint density at radius 1 is 1.25 bits per heavy atom. The van der Waals surface area contributed by atoms with E-state index in [1.54, 1.807) is 18.6 Å². The molecule has 0 aliphatic heterocycles. The van der Waals surface area contributed by atoms with Crippen LogP contribution < -0.4 is 4.74 Å². The quantitative estimate of drug-likeness (QED) is 0.823. The van der Waals surface area contributed by atoms with Gasteiger partial charge in [-0.15, -0.1) is 0 Å². The van der Waals surface area contributed by atoms with Gasteiger partial charge in [0.05, 0.1) is 10.7 Å². The summed E-state index contributed by atoms with van der Waals surface area (Å²) in [5.74, 6) is 1.19. The van der Waals surface area contributed by atoms with Crippen LogP contribution in [0.2, 0.25) is 0 Å². The zero-order valence-corrected chi connectivity index (χ0v) is 11.6. The van der Waals surface area contributed by atoms with Crippen molar-refractivity contribution in [3.8, 4) is 11.6 Å². The molecule has 16 heavy (non-hydrogen) atoms. The van der Waals surface area contributed by atoms with Crippen molar-refractivity contribution in [2.45, 2.75) is 6.92 Å². The number of ether oxygens (including phenoxy) is 1. The molecule has 0 spiro atoms. The lowest BCUT2D eigenvalue weighted by Crippen LogP contribution is -1.91. The van der Waals surface area contributed by atoms with E-state index in [1.807, 2.05) is 19.1 Å². The average molecular weight is 344 g/mol. The standard InChI is InChI=1S/C11H8Br2N2O/c1-7-2-3-15-11(10(7)13)16-9-4-8(12)5-14-6-9/h2-6H,1H3. The number of pyridine rings is 2. The normalized spacial score (nSPS) is 10.2. The van der Waals surface area contributed by atoms with Gasteiger partial charge in [0.25, 0.3) is 0 Å². The van der Waals surface area contributed by atoms with E-state index in [9.17, 15) is 0 Å². The van der Waals surface area contributed by atoms with Gasteiger partial charge in [0.15, 0.2) is 0 Å². The Morgan fingerprint density at radius 3 is 2.81 bits per heavy atom. The molecule has 0 radical (unpaired) electrons. The van der Waals surface area contributed by atoms with Gasteiger partial charge in [-0.05, 0) is 56.5 Å². The summed E-state index contributed by atoms with van der Waals surface area (Å²) >= 11 is 6.77. The predicted molar refractivity (Wildman–Crippen MR) is 68.7 cm³/mol. The summed E-state index contributed by atoms with van der Waals surface area (Å²) in [6, 6.07) is 3.75. The first-order valence-electron chi connectivity index (χ1n) is 4.56. The monoisotopic (exact) mass is 342 g/mol. The molecule has 0 atom stereocenters. The Bertz CT molecular complexity index is 517. The third-order valence-corrected chi connectivity index (χ3v) is 3.34. The first kappa shape index (κ1) is 11.5. The van der Waals surface area contributed by atoms with Crippen LogP contribution in [0.25, 0.3) is 0 Å². The van der Waals surface area contributed by atoms with Crippen molar-refractivity contribution in [2.75, 3.05) is 0 Å². The zero-order valence-electron chi connectivity index (χ0n) is 8.45. The van der Waals surface area contributed by atoms with Gasteiger partial charge in [-0.1, -0.05) is 0 Å². The summed E-state index contributed by atoms with van der Waals surface area (Å²) in [5.41, 5.74) is 1.08. The number of aromatic nitrogens is 2. The highest BCUT2D eigenvalue weighted by Crippen LogP contribution is 2.30. The van der Waals surface area contributed by atoms with Crippen molar-refractivity contribution in [3.05, 3.63) is 45.2 Å². The molecule has 0 aromatic carbocycles. The van der Waals surface area contributed by atoms with E-state index in [1.165, 1.54) is 0 Å². The molecule has 2 aromatic heterocycles. The molecule has 0 aliphatic rings. The number of hydrogen-bond donors (Lipinski definition) is 0. The molecule has 0 saturated carbocycles. The molecule has 0 aliphatic carbocycles. The Morgan fingerprint density at radius 2 is 2.06 bits per heavy atom. The summed E-state index contributed by atoms with van der Waals surface area (Å²) in [4.78, 5) is 8.17. The number of aryl methyl sites for hydroxylation is 1. The number of rotatable bonds is 2. The van der Waals surface area contributed by atoms with Crippen LogP contribution in [0.1, 0.15) is 5.56 Å². The summed E-state index contributed by atoms with van der Waals surface area (Å²) in [5, 5.41) is 0. The number of halogens is 2. The van der Waals surface area contributed by atoms with Gasteiger partial charge >= 0.3 is 0 Å². The molecule has 0 fully saturated rings. The van der Waals surface area contributed by atoms with Crippen molar-refractivity contribution < 1.29 is 4.74 Å². The maximum absolute atomic E-state index is 5.62. The summed E-state index contributed by atoms with van der Waals surface area (Å²) in [6.07, 6.45) is 5.05. The second-order valence-electron chi connectivity index (χ2n) is 3.19. The Hall–Kier alpha value is -0.940. The van der Waals surface area contributed by atoms with Gasteiger partial charge in [0.2, 0.25) is 5.88 Å². The maximum Gasteiger partial charge on any atom is 0.233 e. The van der Waals surface area contributed by atoms with E-state index in [-0.39, 0.29) is 0 Å². The third-order valence-electron chi connectivity index (χ3n) is 1.94. The van der Waals surface area contributed by atoms with Crippen LogP contribution in [0.5, 0.6) is 11.6 Å². The van der Waals surface area contributed by atoms with Crippen molar-refractivity contribution in [1.82, 2.24) is 9.97 Å². The average Bonchev–Trinajstić information content (AvgIpc) is 2.25. The van der Waals surface area contributed by atoms with E-state index in [0.29, 0.717) is 11.6 Å². The highest BCUT2D eigenvalue weighted by atomic mass is 79.9. The van der Waals surface area contributed by atoms with Crippen LogP contribution >= 0.6 is 31.9 Å². The van der Waals surface area contributed by atoms with Crippen LogP contribution in [0.3, 0.4) is 0 Å². The molecule has 2 rings (SSSR count). The van der Waals surface area contributed by atoms with E-state index >= 15 is 0 Å². The third kappa shape index (κ3) is 2.59. The van der Waals surface area contributed by atoms with Gasteiger partial charge in [-0.3, -0.25) is 4.98 Å². The van der Waals surface area contributed by atoms with E-state index in [2.05, 4.69) is 41.8 Å². The molecule has 5 heteroatoms. The minimum Gasteiger partial charge on any atom is -0.436 e. The second kappa shape index (κ2) is 4.93. The van der Waals surface area contributed by atoms with Crippen LogP contribution in [0.4, 0.5) is 0 Å². The van der Waals surface area contributed by atoms with Gasteiger partial charge in [0.1, 0.15) is 5.75 Å². The number of hydrogen-bond acceptors (Lipinski definition) is 3. The minimum atomic E-state index is 0.542. The molecule has 0 unspecified atom stereocenters. The van der Waals surface area contributed by atoms with Crippen molar-refractivity contribution >= 4 is 31.9 Å². The van der Waals surface area contributed by atoms with Gasteiger partial charge in [0, 0.05) is 16.9 Å². The van der Waals surface area contributed by atoms with E-state index < -0.39 is 0 Å². The topological polar surface area (TPSA) is 35.0 Å². The Balaban J connectivity index is 2.31. The van der Waals surface area contributed by atoms with Crippen LogP contribution in [-0.4, -0.2) is 9.97 Å². The fourth-order valence-corrected chi connectivity index (χ4v) is 1.81. The van der Waals surface area contributed by atoms with Crippen LogP contribution in [0.15, 0.2) is 39.7 Å². The smallest absolute Gasteiger partial charge is 0.233 e. The largest absolute Gasteiger partial charge is 0.436 e. The first-order chi connectivity index (χ1) is 7.66. The molecule has 0 N–H and O–H groups in total. The maximum atomic E-state index is 5.62. The highest BCUT2D eigenvalue weighted by molar-refractivity contribution is 9.10. The van der Waals surface area contributed by atoms with Crippen molar-refractivity contribution in [3.63, 3.8) is 0 Å². The second-order valence-corrected chi connectivity index (χ2v) is 4.90. The van der Waals surface area contributed by atoms with Gasteiger partial charge < -0.3 is 4.74 Å². The van der Waals surface area contributed by atoms with E-state index in [0.717, 1.165) is 14.5 Å². The predicted octanol–water partition coefficient (Wildman–Crippen LogP) is 4.10. The minimum absolute atomic E-state index is 0.542. The summed E-state index contributed by atoms with van der Waals surface area (Å²) in [6.45, 7) is 1.98. The van der Waals surface area contributed by atoms with Gasteiger partial charge in [-0.25, -0.2) is 4.98 Å². The Kier molecular flexibility index (Phi) is 3.56. The van der Waals surface area contributed by atoms with Crippen molar-refractivity contribution in [2.24, 2.45) is 0 Å². The fourth-order valence-electron chi connectivity index (χ4n) is 1.15. The SMILES string of the molecule is Cc1ccnc(Oc2cncc(Br)c2)c1Br. The lowest BCUT2D eigenvalue weighted by Gasteiger charge is -2.07. The molecular formula is C11H8Br2N2O. The molecule has 82 valence electrons. The molecule has 2 heterocycles. The molecule has 0 bridgehead atoms. The molecule has 3 nitrogen and oxygen atoms in total. The Labute approximate surface area is 110 Å². The highest BCUT2D eigenvalue weighted by Gasteiger charge is 2.06. The van der Waals surface area contributed by atoms with Crippen molar-refractivity contribution in [1.29, 1.82) is 0 Å². The van der Waals surface area contributed by atoms with Crippen LogP contribution in [0, 0.1) is 6.92 Å². The van der Waals surface area contributed by atoms with Crippen LogP contribution in [-0.2, 0) is 0 Å². The summed E-state index contributed by atoms with van der Waals surface area (Å²) in [7, 11) is 0. The molecule has 0 amide bonds. The first-order valence-corrected chi connectivity index (χ1v) is 6.15.